The van der Waals surface area contributed by atoms with Crippen molar-refractivity contribution in [1.82, 2.24) is 10.3 Å². The first-order valence-electron chi connectivity index (χ1n) is 12.6. The summed E-state index contributed by atoms with van der Waals surface area (Å²) in [6.45, 7) is 6.46. The minimum Gasteiger partial charge on any atom is -0.384 e. The molecule has 0 spiro atoms. The van der Waals surface area contributed by atoms with Crippen molar-refractivity contribution in [3.8, 4) is 11.1 Å². The first kappa shape index (κ1) is 24.9. The molecule has 2 aromatic rings. The topological polar surface area (TPSA) is 67.4 Å². The molecule has 3 N–H and O–H groups in total. The second-order valence-corrected chi connectivity index (χ2v) is 10.0. The zero-order valence-corrected chi connectivity index (χ0v) is 20.5. The van der Waals surface area contributed by atoms with E-state index in [1.807, 2.05) is 30.3 Å². The molecule has 4 rings (SSSR count). The summed E-state index contributed by atoms with van der Waals surface area (Å²) in [5.41, 5.74) is 2.67. The maximum Gasteiger partial charge on any atom is 0.149 e. The highest BCUT2D eigenvalue weighted by Gasteiger charge is 2.27. The van der Waals surface area contributed by atoms with Gasteiger partial charge in [0.2, 0.25) is 0 Å². The van der Waals surface area contributed by atoms with Crippen molar-refractivity contribution in [2.45, 2.75) is 57.5 Å². The Kier molecular flexibility index (Phi) is 8.75. The van der Waals surface area contributed by atoms with Gasteiger partial charge in [-0.15, -0.1) is 0 Å². The van der Waals surface area contributed by atoms with Crippen LogP contribution in [0.3, 0.4) is 0 Å². The number of methoxy groups -OCH3 is 1. The molecule has 0 radical (unpaired) electrons. The van der Waals surface area contributed by atoms with E-state index in [0.29, 0.717) is 17.6 Å². The molecule has 0 bridgehead atoms. The number of benzene rings is 1. The van der Waals surface area contributed by atoms with E-state index in [9.17, 15) is 4.39 Å². The Morgan fingerprint density at radius 2 is 1.88 bits per heavy atom. The lowest BCUT2D eigenvalue weighted by molar-refractivity contribution is 0.0300. The van der Waals surface area contributed by atoms with Crippen molar-refractivity contribution in [1.29, 1.82) is 0 Å². The fourth-order valence-electron chi connectivity index (χ4n) is 4.91. The van der Waals surface area contributed by atoms with Gasteiger partial charge in [0.15, 0.2) is 0 Å². The van der Waals surface area contributed by atoms with Crippen LogP contribution in [-0.2, 0) is 9.47 Å². The molecular formula is C27H39FN4O2. The Balaban J connectivity index is 1.36. The molecule has 0 unspecified atom stereocenters. The maximum atomic E-state index is 14.8. The Labute approximate surface area is 203 Å². The van der Waals surface area contributed by atoms with Crippen LogP contribution in [0.1, 0.15) is 45.4 Å². The lowest BCUT2D eigenvalue weighted by Crippen LogP contribution is -2.38. The largest absolute Gasteiger partial charge is 0.384 e. The number of aromatic nitrogens is 1. The molecule has 34 heavy (non-hydrogen) atoms. The van der Waals surface area contributed by atoms with Crippen LogP contribution in [-0.4, -0.2) is 57.1 Å². The summed E-state index contributed by atoms with van der Waals surface area (Å²) >= 11 is 0. The quantitative estimate of drug-likeness (QED) is 0.421. The third-order valence-electron chi connectivity index (χ3n) is 7.27. The van der Waals surface area contributed by atoms with Gasteiger partial charge in [0.05, 0.1) is 12.8 Å². The summed E-state index contributed by atoms with van der Waals surface area (Å²) in [5, 5.41) is 10.7. The van der Waals surface area contributed by atoms with Crippen molar-refractivity contribution in [3.05, 3.63) is 42.3 Å². The fourth-order valence-corrected chi connectivity index (χ4v) is 4.91. The van der Waals surface area contributed by atoms with Crippen molar-refractivity contribution in [2.24, 2.45) is 5.41 Å². The molecule has 2 fully saturated rings. The van der Waals surface area contributed by atoms with Crippen molar-refractivity contribution < 1.29 is 13.9 Å². The van der Waals surface area contributed by atoms with Crippen LogP contribution in [0.15, 0.2) is 36.5 Å². The summed E-state index contributed by atoms with van der Waals surface area (Å²) in [6, 6.07) is 10.8. The first-order valence-corrected chi connectivity index (χ1v) is 12.6. The minimum absolute atomic E-state index is 0.228. The third kappa shape index (κ3) is 6.90. The van der Waals surface area contributed by atoms with Crippen molar-refractivity contribution in [3.63, 3.8) is 0 Å². The van der Waals surface area contributed by atoms with Gasteiger partial charge in [-0.1, -0.05) is 19.1 Å². The van der Waals surface area contributed by atoms with Gasteiger partial charge in [-0.05, 0) is 67.7 Å². The van der Waals surface area contributed by atoms with E-state index in [2.05, 4.69) is 27.9 Å². The molecule has 0 amide bonds. The molecule has 7 heteroatoms. The molecular weight excluding hydrogens is 431 g/mol. The van der Waals surface area contributed by atoms with E-state index >= 15 is 0 Å². The van der Waals surface area contributed by atoms with Gasteiger partial charge in [-0.2, -0.15) is 0 Å². The number of ether oxygens (including phenoxy) is 2. The molecule has 1 aliphatic carbocycles. The Hall–Kier alpha value is -2.22. The lowest BCUT2D eigenvalue weighted by Gasteiger charge is -2.34. The van der Waals surface area contributed by atoms with E-state index in [-0.39, 0.29) is 11.2 Å². The smallest absolute Gasteiger partial charge is 0.149 e. The second-order valence-electron chi connectivity index (χ2n) is 10.0. The molecule has 1 saturated heterocycles. The first-order chi connectivity index (χ1) is 16.5. The highest BCUT2D eigenvalue weighted by Crippen LogP contribution is 2.32. The maximum absolute atomic E-state index is 14.8. The monoisotopic (exact) mass is 470 g/mol. The number of anilines is 2. The number of nitrogens with zero attached hydrogens (tertiary/aromatic N) is 1. The summed E-state index contributed by atoms with van der Waals surface area (Å²) in [7, 11) is 1.73. The zero-order valence-electron chi connectivity index (χ0n) is 20.5. The Bertz CT molecular complexity index is 911. The van der Waals surface area contributed by atoms with Crippen LogP contribution in [0.5, 0.6) is 0 Å². The molecule has 1 aromatic heterocycles. The summed E-state index contributed by atoms with van der Waals surface area (Å²) in [5.74, 6) is 0.436. The standard InChI is InChI=1S/C27H39FN4O2/c1-27(10-13-34-14-11-27)19-31-23-5-3-4-20(16-23)24-17-26(30-18-25(24)28)32-22-8-6-21(7-9-22)29-12-15-33-2/h3-5,16-18,21-22,29,31H,6-15,19H2,1-2H3,(H,30,32). The van der Waals surface area contributed by atoms with E-state index in [4.69, 9.17) is 9.47 Å². The van der Waals surface area contributed by atoms with Gasteiger partial charge in [0.25, 0.3) is 0 Å². The SMILES string of the molecule is COCCNC1CCC(Nc2cc(-c3cccc(NCC4(C)CCOCC4)c3)c(F)cn2)CC1. The summed E-state index contributed by atoms with van der Waals surface area (Å²) in [4.78, 5) is 4.32. The van der Waals surface area contributed by atoms with Gasteiger partial charge in [0.1, 0.15) is 11.6 Å². The molecule has 0 atom stereocenters. The molecule has 1 saturated carbocycles. The van der Waals surface area contributed by atoms with E-state index in [1.165, 1.54) is 6.20 Å². The summed E-state index contributed by atoms with van der Waals surface area (Å²) < 4.78 is 25.4. The van der Waals surface area contributed by atoms with Crippen LogP contribution < -0.4 is 16.0 Å². The van der Waals surface area contributed by atoms with E-state index < -0.39 is 0 Å². The molecule has 1 aromatic carbocycles. The highest BCUT2D eigenvalue weighted by atomic mass is 19.1. The normalized spacial score (nSPS) is 22.3. The van der Waals surface area contributed by atoms with Gasteiger partial charge < -0.3 is 25.4 Å². The van der Waals surface area contributed by atoms with Crippen LogP contribution in [0.25, 0.3) is 11.1 Å². The average molecular weight is 471 g/mol. The lowest BCUT2D eigenvalue weighted by atomic mass is 9.82. The number of rotatable bonds is 10. The number of hydrogen-bond acceptors (Lipinski definition) is 6. The van der Waals surface area contributed by atoms with Crippen LogP contribution in [0, 0.1) is 11.2 Å². The van der Waals surface area contributed by atoms with Crippen LogP contribution in [0.2, 0.25) is 0 Å². The molecule has 1 aliphatic heterocycles. The van der Waals surface area contributed by atoms with Crippen molar-refractivity contribution >= 4 is 11.5 Å². The molecule has 2 heterocycles. The highest BCUT2D eigenvalue weighted by molar-refractivity contribution is 5.70. The average Bonchev–Trinajstić information content (AvgIpc) is 2.86. The Morgan fingerprint density at radius 3 is 2.65 bits per heavy atom. The predicted octanol–water partition coefficient (Wildman–Crippen LogP) is 5.08. The zero-order chi connectivity index (χ0) is 23.8. The van der Waals surface area contributed by atoms with Gasteiger partial charge >= 0.3 is 0 Å². The van der Waals surface area contributed by atoms with E-state index in [0.717, 1.165) is 88.5 Å². The third-order valence-corrected chi connectivity index (χ3v) is 7.27. The Morgan fingerprint density at radius 1 is 1.12 bits per heavy atom. The number of halogens is 1. The minimum atomic E-state index is -0.301. The predicted molar refractivity (Wildman–Crippen MR) is 136 cm³/mol. The van der Waals surface area contributed by atoms with Gasteiger partial charge in [-0.25, -0.2) is 9.37 Å². The van der Waals surface area contributed by atoms with Crippen molar-refractivity contribution in [2.75, 3.05) is 50.7 Å². The van der Waals surface area contributed by atoms with E-state index in [1.54, 1.807) is 7.11 Å². The summed E-state index contributed by atoms with van der Waals surface area (Å²) in [6.07, 6.45) is 7.82. The number of hydrogen-bond donors (Lipinski definition) is 3. The number of nitrogens with one attached hydrogen (secondary N) is 3. The van der Waals surface area contributed by atoms with Crippen LogP contribution >= 0.6 is 0 Å². The molecule has 186 valence electrons. The second kappa shape index (κ2) is 12.0. The molecule has 2 aliphatic rings. The van der Waals surface area contributed by atoms with Gasteiger partial charge in [0, 0.05) is 56.7 Å². The van der Waals surface area contributed by atoms with Crippen LogP contribution in [0.4, 0.5) is 15.9 Å². The molecule has 6 nitrogen and oxygen atoms in total. The number of pyridine rings is 1. The van der Waals surface area contributed by atoms with Gasteiger partial charge in [-0.3, -0.25) is 0 Å². The fraction of sp³-hybridized carbons (Fsp3) is 0.593.